The lowest BCUT2D eigenvalue weighted by Crippen LogP contribution is -2.21. The molecule has 0 saturated carbocycles. The molecule has 112 valence electrons. The van der Waals surface area contributed by atoms with Crippen LogP contribution in [0.1, 0.15) is 51.4 Å². The summed E-state index contributed by atoms with van der Waals surface area (Å²) in [5.74, 6) is 0.225. The van der Waals surface area contributed by atoms with E-state index in [1.165, 1.54) is 18.6 Å². The van der Waals surface area contributed by atoms with Crippen molar-refractivity contribution >= 4 is 18.1 Å². The smallest absolute Gasteiger partial charge is 0.234 e. The van der Waals surface area contributed by atoms with Gasteiger partial charge in [-0.3, -0.25) is 4.79 Å². The molecule has 6 nitrogen and oxygen atoms in total. The number of unbranched alkanes of at least 4 members (excludes halogenated alkanes) is 3. The van der Waals surface area contributed by atoms with Gasteiger partial charge < -0.3 is 5.32 Å². The summed E-state index contributed by atoms with van der Waals surface area (Å²) in [6, 6.07) is 0. The molecule has 0 radical (unpaired) electrons. The van der Waals surface area contributed by atoms with Gasteiger partial charge in [0.2, 0.25) is 18.1 Å². The van der Waals surface area contributed by atoms with Crippen LogP contribution in [-0.2, 0) is 14.4 Å². The molecule has 0 bridgehead atoms. The van der Waals surface area contributed by atoms with Crippen LogP contribution >= 0.6 is 0 Å². The van der Waals surface area contributed by atoms with Crippen molar-refractivity contribution < 1.29 is 14.4 Å². The molecule has 1 amide bonds. The lowest BCUT2D eigenvalue weighted by molar-refractivity contribution is -0.120. The van der Waals surface area contributed by atoms with Gasteiger partial charge in [0.1, 0.15) is 0 Å². The van der Waals surface area contributed by atoms with E-state index in [0.717, 1.165) is 51.5 Å². The SMILES string of the molecule is O=C1CCCCCN1.O=C=NCCCCCCN=C=O. The Morgan fingerprint density at radius 1 is 0.900 bits per heavy atom. The largest absolute Gasteiger partial charge is 0.356 e. The fourth-order valence-electron chi connectivity index (χ4n) is 1.73. The number of nitrogens with zero attached hydrogens (tertiary/aromatic N) is 2. The van der Waals surface area contributed by atoms with Gasteiger partial charge in [0, 0.05) is 13.0 Å². The highest BCUT2D eigenvalue weighted by molar-refractivity contribution is 5.75. The zero-order chi connectivity index (χ0) is 14.9. The number of hydrogen-bond acceptors (Lipinski definition) is 5. The van der Waals surface area contributed by atoms with Crippen LogP contribution in [0.15, 0.2) is 9.98 Å². The lowest BCUT2D eigenvalue weighted by atomic mass is 10.2. The zero-order valence-corrected chi connectivity index (χ0v) is 11.9. The molecule has 0 spiro atoms. The topological polar surface area (TPSA) is 88.0 Å². The molecular weight excluding hydrogens is 258 g/mol. The average Bonchev–Trinajstić information content (AvgIpc) is 2.70. The van der Waals surface area contributed by atoms with E-state index in [2.05, 4.69) is 15.3 Å². The minimum Gasteiger partial charge on any atom is -0.356 e. The van der Waals surface area contributed by atoms with Gasteiger partial charge in [0.05, 0.1) is 13.1 Å². The van der Waals surface area contributed by atoms with Gasteiger partial charge in [-0.25, -0.2) is 19.6 Å². The summed E-state index contributed by atoms with van der Waals surface area (Å²) in [5.41, 5.74) is 0. The summed E-state index contributed by atoms with van der Waals surface area (Å²) >= 11 is 0. The number of carbonyl (C=O) groups is 1. The van der Waals surface area contributed by atoms with E-state index < -0.39 is 0 Å². The highest BCUT2D eigenvalue weighted by atomic mass is 16.1. The van der Waals surface area contributed by atoms with Crippen LogP contribution in [0.3, 0.4) is 0 Å². The Morgan fingerprint density at radius 2 is 1.50 bits per heavy atom. The van der Waals surface area contributed by atoms with E-state index in [0.29, 0.717) is 13.1 Å². The molecule has 1 fully saturated rings. The Morgan fingerprint density at radius 3 is 2.05 bits per heavy atom. The first-order valence-corrected chi connectivity index (χ1v) is 7.15. The number of isocyanates is 2. The number of aliphatic imine (C=N–C) groups is 2. The third-order valence-electron chi connectivity index (χ3n) is 2.82. The molecule has 1 aliphatic rings. The lowest BCUT2D eigenvalue weighted by Gasteiger charge is -1.93. The molecule has 20 heavy (non-hydrogen) atoms. The normalized spacial score (nSPS) is 13.7. The molecule has 0 aromatic carbocycles. The van der Waals surface area contributed by atoms with Gasteiger partial charge in [-0.05, 0) is 25.7 Å². The molecule has 1 aliphatic heterocycles. The maximum absolute atomic E-state index is 10.6. The van der Waals surface area contributed by atoms with Crippen molar-refractivity contribution in [1.82, 2.24) is 5.32 Å². The van der Waals surface area contributed by atoms with Crippen molar-refractivity contribution in [2.45, 2.75) is 51.4 Å². The first kappa shape index (κ1) is 18.2. The molecule has 0 aliphatic carbocycles. The number of carbonyl (C=O) groups excluding carboxylic acids is 3. The van der Waals surface area contributed by atoms with Gasteiger partial charge in [-0.15, -0.1) is 0 Å². The van der Waals surface area contributed by atoms with Crippen molar-refractivity contribution in [2.75, 3.05) is 19.6 Å². The fraction of sp³-hybridized carbons (Fsp3) is 0.786. The quantitative estimate of drug-likeness (QED) is 0.439. The van der Waals surface area contributed by atoms with Gasteiger partial charge >= 0.3 is 0 Å². The predicted molar refractivity (Wildman–Crippen MR) is 75.9 cm³/mol. The molecular formula is C14H23N3O3. The number of nitrogens with one attached hydrogen (secondary N) is 1. The monoisotopic (exact) mass is 281 g/mol. The Hall–Kier alpha value is -1.77. The van der Waals surface area contributed by atoms with E-state index in [4.69, 9.17) is 0 Å². The van der Waals surface area contributed by atoms with Gasteiger partial charge in [-0.2, -0.15) is 0 Å². The molecule has 1 N–H and O–H groups in total. The number of amides is 1. The van der Waals surface area contributed by atoms with Crippen molar-refractivity contribution in [3.63, 3.8) is 0 Å². The Balaban J connectivity index is 0.000000388. The van der Waals surface area contributed by atoms with Crippen molar-refractivity contribution in [3.8, 4) is 0 Å². The summed E-state index contributed by atoms with van der Waals surface area (Å²) in [6.45, 7) is 2.00. The van der Waals surface area contributed by atoms with Crippen molar-refractivity contribution in [2.24, 2.45) is 9.98 Å². The maximum Gasteiger partial charge on any atom is 0.234 e. The minimum absolute atomic E-state index is 0.225. The van der Waals surface area contributed by atoms with Gasteiger partial charge in [0.15, 0.2) is 0 Å². The highest BCUT2D eigenvalue weighted by Gasteiger charge is 2.03. The van der Waals surface area contributed by atoms with Gasteiger partial charge in [-0.1, -0.05) is 19.3 Å². The standard InChI is InChI=1S/C8H12N2O2.C6H11NO/c11-7-9-5-3-1-2-4-6-10-8-12;8-6-4-2-1-3-5-7-6/h1-6H2;1-5H2,(H,7,8). The van der Waals surface area contributed by atoms with Crippen LogP contribution in [0.2, 0.25) is 0 Å². The summed E-state index contributed by atoms with van der Waals surface area (Å²) < 4.78 is 0. The van der Waals surface area contributed by atoms with Crippen LogP contribution < -0.4 is 5.32 Å². The molecule has 6 heteroatoms. The van der Waals surface area contributed by atoms with Gasteiger partial charge in [0.25, 0.3) is 0 Å². The Labute approximate surface area is 119 Å². The first-order chi connectivity index (χ1) is 9.81. The molecule has 0 unspecified atom stereocenters. The van der Waals surface area contributed by atoms with Crippen LogP contribution in [0.4, 0.5) is 0 Å². The van der Waals surface area contributed by atoms with Crippen LogP contribution in [0.5, 0.6) is 0 Å². The third kappa shape index (κ3) is 14.3. The third-order valence-corrected chi connectivity index (χ3v) is 2.82. The minimum atomic E-state index is 0.225. The van der Waals surface area contributed by atoms with Crippen molar-refractivity contribution in [1.29, 1.82) is 0 Å². The Bertz CT molecular complexity index is 314. The molecule has 0 atom stereocenters. The summed E-state index contributed by atoms with van der Waals surface area (Å²) in [4.78, 5) is 36.7. The summed E-state index contributed by atoms with van der Waals surface area (Å²) in [7, 11) is 0. The Kier molecular flexibility index (Phi) is 13.9. The van der Waals surface area contributed by atoms with Crippen LogP contribution in [0, 0.1) is 0 Å². The highest BCUT2D eigenvalue weighted by Crippen LogP contribution is 2.02. The molecule has 1 heterocycles. The van der Waals surface area contributed by atoms with E-state index in [-0.39, 0.29) is 5.91 Å². The zero-order valence-electron chi connectivity index (χ0n) is 11.9. The maximum atomic E-state index is 10.6. The second kappa shape index (κ2) is 15.3. The molecule has 1 rings (SSSR count). The number of rotatable bonds is 7. The first-order valence-electron chi connectivity index (χ1n) is 7.15. The second-order valence-electron chi connectivity index (χ2n) is 4.52. The summed E-state index contributed by atoms with van der Waals surface area (Å²) in [5, 5.41) is 2.81. The van der Waals surface area contributed by atoms with E-state index in [1.54, 1.807) is 0 Å². The van der Waals surface area contributed by atoms with Crippen LogP contribution in [-0.4, -0.2) is 37.7 Å². The van der Waals surface area contributed by atoms with Crippen molar-refractivity contribution in [3.05, 3.63) is 0 Å². The van der Waals surface area contributed by atoms with E-state index in [1.807, 2.05) is 0 Å². The average molecular weight is 281 g/mol. The summed E-state index contributed by atoms with van der Waals surface area (Å²) in [6.07, 6.45) is 11.0. The van der Waals surface area contributed by atoms with Crippen LogP contribution in [0.25, 0.3) is 0 Å². The molecule has 1 saturated heterocycles. The molecule has 0 aromatic rings. The second-order valence-corrected chi connectivity index (χ2v) is 4.52. The fourth-order valence-corrected chi connectivity index (χ4v) is 1.73. The number of hydrogen-bond donors (Lipinski definition) is 1. The van der Waals surface area contributed by atoms with E-state index >= 15 is 0 Å². The molecule has 0 aromatic heterocycles. The van der Waals surface area contributed by atoms with E-state index in [9.17, 15) is 14.4 Å². The predicted octanol–water partition coefficient (Wildman–Crippen LogP) is 1.90.